The van der Waals surface area contributed by atoms with Gasteiger partial charge in [0.2, 0.25) is 0 Å². The number of rotatable bonds is 22. The van der Waals surface area contributed by atoms with Gasteiger partial charge in [-0.2, -0.15) is 0 Å². The van der Waals surface area contributed by atoms with E-state index in [9.17, 15) is 0 Å². The highest BCUT2D eigenvalue weighted by atomic mass is 16.7. The Kier molecular flexibility index (Phi) is 16.7. The molecule has 2 aliphatic heterocycles. The molecule has 6 aromatic carbocycles. The molecule has 8 atom stereocenters. The molecule has 2 aliphatic rings. The van der Waals surface area contributed by atoms with Crippen LogP contribution < -0.4 is 0 Å². The molecule has 0 saturated carbocycles. The van der Waals surface area contributed by atoms with Crippen LogP contribution in [-0.2, 0) is 82.3 Å². The van der Waals surface area contributed by atoms with E-state index in [2.05, 4.69) is 0 Å². The number of hydrogen-bond acceptors (Lipinski definition) is 9. The Balaban J connectivity index is 1.12. The molecule has 1 saturated heterocycles. The maximum absolute atomic E-state index is 7.22. The van der Waals surface area contributed by atoms with Crippen LogP contribution in [0.5, 0.6) is 0 Å². The Hall–Kier alpha value is -5.46. The maximum atomic E-state index is 7.22. The van der Waals surface area contributed by atoms with Crippen LogP contribution in [0, 0.1) is 0 Å². The molecule has 0 radical (unpaired) electrons. The molecule has 0 aromatic heterocycles. The summed E-state index contributed by atoms with van der Waals surface area (Å²) in [5.74, 6) is 0. The fraction of sp³-hybridized carbons (Fsp3) is 0.296. The molecule has 0 amide bonds. The second-order valence-electron chi connectivity index (χ2n) is 15.7. The Labute approximate surface area is 371 Å². The SMILES string of the molecule is C1=C[C@@H](OCc2ccccc2)[C@H](O[C@@H]2O[C@H](COCc3ccccc3)[C@H](OCc3ccccc3)[C@H](OCc3ccccc3)[C@H]2OCc2ccccc2)[C@@H](COCc2ccccc2)O1. The predicted molar refractivity (Wildman–Crippen MR) is 240 cm³/mol. The van der Waals surface area contributed by atoms with E-state index in [1.54, 1.807) is 6.26 Å². The molecule has 6 aromatic rings. The molecule has 63 heavy (non-hydrogen) atoms. The first-order valence-corrected chi connectivity index (χ1v) is 21.7. The lowest BCUT2D eigenvalue weighted by Gasteiger charge is -2.47. The summed E-state index contributed by atoms with van der Waals surface area (Å²) in [6.07, 6.45) is -1.85. The summed E-state index contributed by atoms with van der Waals surface area (Å²) in [6.45, 7) is 2.50. The molecule has 9 heteroatoms. The van der Waals surface area contributed by atoms with Crippen LogP contribution in [0.3, 0.4) is 0 Å². The standard InChI is InChI=1S/C54H56O9/c1-7-19-41(20-8-1)33-55-39-48-50(47(31-32-57-48)58-35-43-23-11-3-12-24-43)63-54-53(61-38-46-29-17-6-18-30-46)52(60-37-45-27-15-5-16-28-45)51(59-36-44-25-13-4-14-26-44)49(62-54)40-56-34-42-21-9-2-10-22-42/h1-32,47-54H,33-40H2/t47-,48-,49-,50+,51+,52+,53-,54+/m1/s1. The molecule has 0 N–H and O–H groups in total. The molecular weight excluding hydrogens is 793 g/mol. The van der Waals surface area contributed by atoms with Crippen molar-refractivity contribution in [1.29, 1.82) is 0 Å². The second kappa shape index (κ2) is 23.8. The van der Waals surface area contributed by atoms with Crippen LogP contribution in [0.1, 0.15) is 33.4 Å². The van der Waals surface area contributed by atoms with Gasteiger partial charge < -0.3 is 42.6 Å². The van der Waals surface area contributed by atoms with E-state index in [0.717, 1.165) is 33.4 Å². The Morgan fingerprint density at radius 2 is 0.714 bits per heavy atom. The highest BCUT2D eigenvalue weighted by Crippen LogP contribution is 2.34. The largest absolute Gasteiger partial charge is 0.493 e. The van der Waals surface area contributed by atoms with Gasteiger partial charge in [0.15, 0.2) is 12.4 Å². The van der Waals surface area contributed by atoms with Gasteiger partial charge in [0.1, 0.15) is 36.6 Å². The zero-order valence-electron chi connectivity index (χ0n) is 35.4. The first-order chi connectivity index (χ1) is 31.2. The van der Waals surface area contributed by atoms with Crippen molar-refractivity contribution in [3.8, 4) is 0 Å². The zero-order chi connectivity index (χ0) is 42.7. The monoisotopic (exact) mass is 848 g/mol. The van der Waals surface area contributed by atoms with E-state index < -0.39 is 49.0 Å². The van der Waals surface area contributed by atoms with Crippen molar-refractivity contribution in [2.45, 2.75) is 88.7 Å². The summed E-state index contributed by atoms with van der Waals surface area (Å²) >= 11 is 0. The quantitative estimate of drug-likeness (QED) is 0.0664. The molecular formula is C54H56O9. The van der Waals surface area contributed by atoms with Gasteiger partial charge in [-0.3, -0.25) is 0 Å². The van der Waals surface area contributed by atoms with Crippen molar-refractivity contribution in [1.82, 2.24) is 0 Å². The minimum Gasteiger partial charge on any atom is -0.493 e. The van der Waals surface area contributed by atoms with Crippen molar-refractivity contribution < 1.29 is 42.6 Å². The summed E-state index contributed by atoms with van der Waals surface area (Å²) in [5, 5.41) is 0. The van der Waals surface area contributed by atoms with Crippen LogP contribution in [0.25, 0.3) is 0 Å². The van der Waals surface area contributed by atoms with Crippen molar-refractivity contribution in [3.05, 3.63) is 228 Å². The predicted octanol–water partition coefficient (Wildman–Crippen LogP) is 9.78. The summed E-state index contributed by atoms with van der Waals surface area (Å²) in [7, 11) is 0. The van der Waals surface area contributed by atoms with E-state index >= 15 is 0 Å². The molecule has 0 spiro atoms. The Bertz CT molecular complexity index is 2180. The van der Waals surface area contributed by atoms with Crippen LogP contribution in [0.15, 0.2) is 194 Å². The minimum atomic E-state index is -0.976. The summed E-state index contributed by atoms with van der Waals surface area (Å²) in [4.78, 5) is 0. The van der Waals surface area contributed by atoms with Gasteiger partial charge in [-0.15, -0.1) is 0 Å². The maximum Gasteiger partial charge on any atom is 0.187 e. The molecule has 2 heterocycles. The normalized spacial score (nSPS) is 23.2. The van der Waals surface area contributed by atoms with E-state index in [1.807, 2.05) is 188 Å². The third-order valence-electron chi connectivity index (χ3n) is 11.0. The van der Waals surface area contributed by atoms with Crippen LogP contribution in [0.4, 0.5) is 0 Å². The Morgan fingerprint density at radius 1 is 0.349 bits per heavy atom. The highest BCUT2D eigenvalue weighted by molar-refractivity contribution is 5.18. The minimum absolute atomic E-state index is 0.198. The fourth-order valence-electron chi connectivity index (χ4n) is 7.72. The average Bonchev–Trinajstić information content (AvgIpc) is 3.34. The molecule has 1 fully saturated rings. The van der Waals surface area contributed by atoms with E-state index in [-0.39, 0.29) is 19.8 Å². The lowest BCUT2D eigenvalue weighted by molar-refractivity contribution is -0.347. The summed E-state index contributed by atoms with van der Waals surface area (Å²) < 4.78 is 60.8. The van der Waals surface area contributed by atoms with Gasteiger partial charge in [0.05, 0.1) is 59.1 Å². The lowest BCUT2D eigenvalue weighted by atomic mass is 9.97. The van der Waals surface area contributed by atoms with Gasteiger partial charge in [0.25, 0.3) is 0 Å². The van der Waals surface area contributed by atoms with Crippen molar-refractivity contribution in [3.63, 3.8) is 0 Å². The average molecular weight is 849 g/mol. The highest BCUT2D eigenvalue weighted by Gasteiger charge is 2.51. The first kappa shape index (κ1) is 44.2. The summed E-state index contributed by atoms with van der Waals surface area (Å²) in [6, 6.07) is 60.5. The molecule has 0 bridgehead atoms. The van der Waals surface area contributed by atoms with Crippen LogP contribution >= 0.6 is 0 Å². The van der Waals surface area contributed by atoms with Crippen molar-refractivity contribution >= 4 is 0 Å². The van der Waals surface area contributed by atoms with Crippen LogP contribution in [0.2, 0.25) is 0 Å². The summed E-state index contributed by atoms with van der Waals surface area (Å²) in [5.41, 5.74) is 6.17. The molecule has 0 aliphatic carbocycles. The lowest BCUT2D eigenvalue weighted by Crippen LogP contribution is -2.63. The van der Waals surface area contributed by atoms with Gasteiger partial charge in [-0.1, -0.05) is 182 Å². The zero-order valence-corrected chi connectivity index (χ0v) is 35.4. The topological polar surface area (TPSA) is 83.1 Å². The van der Waals surface area contributed by atoms with Crippen LogP contribution in [-0.4, -0.2) is 62.2 Å². The van der Waals surface area contributed by atoms with E-state index in [1.165, 1.54) is 0 Å². The van der Waals surface area contributed by atoms with Gasteiger partial charge in [0, 0.05) is 0 Å². The molecule has 9 nitrogen and oxygen atoms in total. The van der Waals surface area contributed by atoms with E-state index in [4.69, 9.17) is 42.6 Å². The third-order valence-corrected chi connectivity index (χ3v) is 11.0. The van der Waals surface area contributed by atoms with Gasteiger partial charge in [-0.05, 0) is 39.5 Å². The number of ether oxygens (including phenoxy) is 9. The number of benzene rings is 6. The van der Waals surface area contributed by atoms with Crippen molar-refractivity contribution in [2.75, 3.05) is 13.2 Å². The first-order valence-electron chi connectivity index (χ1n) is 21.7. The van der Waals surface area contributed by atoms with E-state index in [0.29, 0.717) is 33.0 Å². The fourth-order valence-corrected chi connectivity index (χ4v) is 7.72. The third kappa shape index (κ3) is 13.3. The Morgan fingerprint density at radius 3 is 1.16 bits per heavy atom. The smallest absolute Gasteiger partial charge is 0.187 e. The molecule has 8 rings (SSSR count). The number of hydrogen-bond donors (Lipinski definition) is 0. The molecule has 326 valence electrons. The molecule has 0 unspecified atom stereocenters. The van der Waals surface area contributed by atoms with Gasteiger partial charge >= 0.3 is 0 Å². The second-order valence-corrected chi connectivity index (χ2v) is 15.7. The van der Waals surface area contributed by atoms with Crippen molar-refractivity contribution in [2.24, 2.45) is 0 Å². The van der Waals surface area contributed by atoms with Gasteiger partial charge in [-0.25, -0.2) is 0 Å².